The summed E-state index contributed by atoms with van der Waals surface area (Å²) in [5.74, 6) is 2.59. The lowest BCUT2D eigenvalue weighted by atomic mass is 9.49. The van der Waals surface area contributed by atoms with Crippen molar-refractivity contribution in [3.8, 4) is 0 Å². The number of carbonyl (C=O) groups is 2. The highest BCUT2D eigenvalue weighted by Crippen LogP contribution is 2.60. The van der Waals surface area contributed by atoms with E-state index in [4.69, 9.17) is 0 Å². The zero-order chi connectivity index (χ0) is 18.1. The Hall–Kier alpha value is -1.36. The number of amides is 2. The number of halogens is 1. The summed E-state index contributed by atoms with van der Waals surface area (Å²) >= 11 is 3.38. The van der Waals surface area contributed by atoms with E-state index in [2.05, 4.69) is 26.6 Å². The lowest BCUT2D eigenvalue weighted by Gasteiger charge is -2.55. The van der Waals surface area contributed by atoms with E-state index in [1.165, 1.54) is 19.3 Å². The summed E-state index contributed by atoms with van der Waals surface area (Å²) in [5, 5.41) is 6.03. The second-order valence-electron chi connectivity index (χ2n) is 8.61. The minimum absolute atomic E-state index is 0.00336. The molecule has 4 nitrogen and oxygen atoms in total. The molecule has 2 amide bonds. The van der Waals surface area contributed by atoms with Gasteiger partial charge in [-0.3, -0.25) is 9.59 Å². The lowest BCUT2D eigenvalue weighted by Crippen LogP contribution is -2.53. The maximum Gasteiger partial charge on any atom is 0.226 e. The molecule has 4 bridgehead atoms. The van der Waals surface area contributed by atoms with Crippen LogP contribution in [0.5, 0.6) is 0 Å². The second kappa shape index (κ2) is 7.34. The van der Waals surface area contributed by atoms with Gasteiger partial charge in [0.05, 0.1) is 0 Å². The van der Waals surface area contributed by atoms with Gasteiger partial charge in [-0.25, -0.2) is 0 Å². The number of hydrogen-bond acceptors (Lipinski definition) is 2. The van der Waals surface area contributed by atoms with Gasteiger partial charge in [0.2, 0.25) is 11.8 Å². The van der Waals surface area contributed by atoms with E-state index in [-0.39, 0.29) is 17.2 Å². The predicted octanol–water partition coefficient (Wildman–Crippen LogP) is 4.50. The van der Waals surface area contributed by atoms with Crippen LogP contribution < -0.4 is 10.6 Å². The molecule has 2 N–H and O–H groups in total. The summed E-state index contributed by atoms with van der Waals surface area (Å²) in [4.78, 5) is 24.9. The van der Waals surface area contributed by atoms with Gasteiger partial charge in [0.15, 0.2) is 0 Å². The molecule has 4 aliphatic carbocycles. The van der Waals surface area contributed by atoms with Crippen LogP contribution in [0.1, 0.15) is 51.4 Å². The van der Waals surface area contributed by atoms with Crippen molar-refractivity contribution in [2.24, 2.45) is 23.2 Å². The number of rotatable bonds is 6. The minimum Gasteiger partial charge on any atom is -0.356 e. The van der Waals surface area contributed by atoms with Crippen LogP contribution in [-0.4, -0.2) is 18.4 Å². The third kappa shape index (κ3) is 3.83. The highest BCUT2D eigenvalue weighted by Gasteiger charge is 2.54. The zero-order valence-corrected chi connectivity index (χ0v) is 16.7. The zero-order valence-electron chi connectivity index (χ0n) is 15.1. The van der Waals surface area contributed by atoms with E-state index in [1.54, 1.807) is 0 Å². The van der Waals surface area contributed by atoms with Crippen LogP contribution in [0.25, 0.3) is 0 Å². The fraction of sp³-hybridized carbons (Fsp3) is 0.619. The molecule has 5 rings (SSSR count). The van der Waals surface area contributed by atoms with Crippen molar-refractivity contribution >= 4 is 33.4 Å². The van der Waals surface area contributed by atoms with Crippen LogP contribution in [0, 0.1) is 23.2 Å². The van der Waals surface area contributed by atoms with Gasteiger partial charge in [-0.2, -0.15) is 0 Å². The molecule has 0 radical (unpaired) electrons. The van der Waals surface area contributed by atoms with Gasteiger partial charge < -0.3 is 10.6 Å². The molecular formula is C21H27BrN2O2. The Bertz CT molecular complexity index is 650. The molecule has 0 heterocycles. The van der Waals surface area contributed by atoms with Gasteiger partial charge in [-0.15, -0.1) is 0 Å². The summed E-state index contributed by atoms with van der Waals surface area (Å²) < 4.78 is 0.989. The van der Waals surface area contributed by atoms with Gasteiger partial charge in [-0.1, -0.05) is 15.9 Å². The molecule has 4 fully saturated rings. The molecule has 0 unspecified atom stereocenters. The fourth-order valence-corrected chi connectivity index (χ4v) is 6.05. The van der Waals surface area contributed by atoms with E-state index in [0.717, 1.165) is 47.2 Å². The predicted molar refractivity (Wildman–Crippen MR) is 106 cm³/mol. The molecule has 0 saturated heterocycles. The smallest absolute Gasteiger partial charge is 0.226 e. The average Bonchev–Trinajstić information content (AvgIpc) is 2.59. The monoisotopic (exact) mass is 418 g/mol. The fourth-order valence-electron chi connectivity index (χ4n) is 5.78. The lowest BCUT2D eigenvalue weighted by molar-refractivity contribution is -0.146. The molecule has 4 saturated carbocycles. The maximum atomic E-state index is 12.8. The number of nitrogens with one attached hydrogen (secondary N) is 2. The molecule has 0 aromatic heterocycles. The number of anilines is 1. The van der Waals surface area contributed by atoms with Crippen molar-refractivity contribution < 1.29 is 9.59 Å². The number of hydrogen-bond donors (Lipinski definition) is 2. The summed E-state index contributed by atoms with van der Waals surface area (Å²) in [6.45, 7) is 0.592. The van der Waals surface area contributed by atoms with E-state index < -0.39 is 0 Å². The molecule has 0 atom stereocenters. The second-order valence-corrected chi connectivity index (χ2v) is 9.53. The minimum atomic E-state index is -0.0889. The number of carbonyl (C=O) groups excluding carboxylic acids is 2. The Morgan fingerprint density at radius 3 is 2.15 bits per heavy atom. The van der Waals surface area contributed by atoms with Crippen LogP contribution in [0.3, 0.4) is 0 Å². The summed E-state index contributed by atoms with van der Waals surface area (Å²) in [6.07, 6.45) is 8.44. The Balaban J connectivity index is 1.21. The highest BCUT2D eigenvalue weighted by molar-refractivity contribution is 9.10. The quantitative estimate of drug-likeness (QED) is 0.667. The summed E-state index contributed by atoms with van der Waals surface area (Å²) in [7, 11) is 0. The van der Waals surface area contributed by atoms with Crippen LogP contribution in [0.4, 0.5) is 5.69 Å². The Labute approximate surface area is 163 Å². The van der Waals surface area contributed by atoms with E-state index in [1.807, 2.05) is 24.3 Å². The average molecular weight is 419 g/mol. The van der Waals surface area contributed by atoms with Crippen LogP contribution in [0.15, 0.2) is 28.7 Å². The first kappa shape index (κ1) is 18.0. The first-order valence-corrected chi connectivity index (χ1v) is 10.7. The van der Waals surface area contributed by atoms with Crippen molar-refractivity contribution in [2.75, 3.05) is 11.9 Å². The van der Waals surface area contributed by atoms with Crippen molar-refractivity contribution in [3.05, 3.63) is 28.7 Å². The third-order valence-electron chi connectivity index (χ3n) is 6.51. The Kier molecular flexibility index (Phi) is 5.09. The SMILES string of the molecule is O=C(CCCNC(=O)C12CC3CC(CC(C3)C1)C2)Nc1ccc(Br)cc1. The van der Waals surface area contributed by atoms with Crippen molar-refractivity contribution in [1.82, 2.24) is 5.32 Å². The van der Waals surface area contributed by atoms with E-state index >= 15 is 0 Å². The van der Waals surface area contributed by atoms with Crippen molar-refractivity contribution in [3.63, 3.8) is 0 Å². The Morgan fingerprint density at radius 2 is 1.58 bits per heavy atom. The molecule has 4 aliphatic rings. The van der Waals surface area contributed by atoms with Gasteiger partial charge in [0, 0.05) is 28.5 Å². The molecular weight excluding hydrogens is 392 g/mol. The standard InChI is InChI=1S/C21H27BrN2O2/c22-17-3-5-18(6-4-17)24-19(25)2-1-7-23-20(26)21-11-14-8-15(12-21)10-16(9-14)13-21/h3-6,14-16H,1-2,7-13H2,(H,23,26)(H,24,25). The van der Waals surface area contributed by atoms with Gasteiger partial charge >= 0.3 is 0 Å². The maximum absolute atomic E-state index is 12.8. The van der Waals surface area contributed by atoms with Crippen LogP contribution >= 0.6 is 15.9 Å². The van der Waals surface area contributed by atoms with Crippen molar-refractivity contribution in [1.29, 1.82) is 0 Å². The third-order valence-corrected chi connectivity index (χ3v) is 7.04. The summed E-state index contributed by atoms with van der Waals surface area (Å²) in [6, 6.07) is 7.55. The Morgan fingerprint density at radius 1 is 1.00 bits per heavy atom. The molecule has 5 heteroatoms. The largest absolute Gasteiger partial charge is 0.356 e. The van der Waals surface area contributed by atoms with E-state index in [9.17, 15) is 9.59 Å². The van der Waals surface area contributed by atoms with Crippen LogP contribution in [-0.2, 0) is 9.59 Å². The summed E-state index contributed by atoms with van der Waals surface area (Å²) in [5.41, 5.74) is 0.713. The van der Waals surface area contributed by atoms with Crippen LogP contribution in [0.2, 0.25) is 0 Å². The molecule has 1 aromatic rings. The molecule has 0 aliphatic heterocycles. The number of benzene rings is 1. The molecule has 26 heavy (non-hydrogen) atoms. The van der Waals surface area contributed by atoms with Gasteiger partial charge in [-0.05, 0) is 87.0 Å². The highest BCUT2D eigenvalue weighted by atomic mass is 79.9. The van der Waals surface area contributed by atoms with E-state index in [0.29, 0.717) is 19.4 Å². The normalized spacial score (nSPS) is 31.7. The first-order valence-electron chi connectivity index (χ1n) is 9.86. The van der Waals surface area contributed by atoms with Gasteiger partial charge in [0.1, 0.15) is 0 Å². The molecule has 0 spiro atoms. The molecule has 1 aromatic carbocycles. The first-order chi connectivity index (χ1) is 12.5. The van der Waals surface area contributed by atoms with Crippen molar-refractivity contribution in [2.45, 2.75) is 51.4 Å². The van der Waals surface area contributed by atoms with Gasteiger partial charge in [0.25, 0.3) is 0 Å². The topological polar surface area (TPSA) is 58.2 Å². The molecule has 140 valence electrons.